The molecule has 1 aromatic heterocycles. The Balaban J connectivity index is 2.28. The molecule has 0 aromatic carbocycles. The van der Waals surface area contributed by atoms with Gasteiger partial charge < -0.3 is 0 Å². The van der Waals surface area contributed by atoms with Gasteiger partial charge in [-0.25, -0.2) is 4.68 Å². The molecule has 15 heavy (non-hydrogen) atoms. The third kappa shape index (κ3) is 4.38. The van der Waals surface area contributed by atoms with E-state index in [2.05, 4.69) is 21.8 Å². The van der Waals surface area contributed by atoms with Crippen molar-refractivity contribution in [2.45, 2.75) is 38.1 Å². The van der Waals surface area contributed by atoms with Crippen LogP contribution < -0.4 is 0 Å². The van der Waals surface area contributed by atoms with Crippen molar-refractivity contribution in [3.05, 3.63) is 5.82 Å². The normalized spacial score (nSPS) is 13.0. The Kier molecular flexibility index (Phi) is 6.02. The summed E-state index contributed by atoms with van der Waals surface area (Å²) in [6, 6.07) is 0. The number of nitrogens with zero attached hydrogens (tertiary/aromatic N) is 4. The monoisotopic (exact) mass is 248 g/mol. The van der Waals surface area contributed by atoms with Gasteiger partial charge in [0.2, 0.25) is 0 Å². The van der Waals surface area contributed by atoms with E-state index in [0.29, 0.717) is 0 Å². The highest BCUT2D eigenvalue weighted by Gasteiger charge is 2.10. The van der Waals surface area contributed by atoms with Crippen LogP contribution in [0.3, 0.4) is 0 Å². The summed E-state index contributed by atoms with van der Waals surface area (Å²) in [5.74, 6) is 2.00. The number of tetrazole rings is 1. The number of halogens is 1. The lowest BCUT2D eigenvalue weighted by Crippen LogP contribution is -2.06. The summed E-state index contributed by atoms with van der Waals surface area (Å²) >= 11 is 7.83. The van der Waals surface area contributed by atoms with E-state index in [-0.39, 0.29) is 5.38 Å². The molecular formula is C9H17ClN4S. The zero-order valence-corrected chi connectivity index (χ0v) is 10.8. The molecule has 0 spiro atoms. The number of aryl methyl sites for hydroxylation is 1. The summed E-state index contributed by atoms with van der Waals surface area (Å²) in [6.45, 7) is 2.76. The summed E-state index contributed by atoms with van der Waals surface area (Å²) in [5.41, 5.74) is 0. The second kappa shape index (κ2) is 7.06. The van der Waals surface area contributed by atoms with Gasteiger partial charge in [0.1, 0.15) is 0 Å². The molecule has 0 fully saturated rings. The van der Waals surface area contributed by atoms with E-state index in [1.54, 1.807) is 4.68 Å². The van der Waals surface area contributed by atoms with Gasteiger partial charge in [0.05, 0.1) is 5.38 Å². The van der Waals surface area contributed by atoms with Crippen molar-refractivity contribution in [1.82, 2.24) is 20.2 Å². The number of aromatic nitrogens is 4. The second-order valence-electron chi connectivity index (χ2n) is 3.43. The highest BCUT2D eigenvalue weighted by atomic mass is 35.5. The molecule has 1 heterocycles. The van der Waals surface area contributed by atoms with E-state index in [1.165, 1.54) is 18.6 Å². The molecule has 1 unspecified atom stereocenters. The molecule has 0 N–H and O–H groups in total. The quantitative estimate of drug-likeness (QED) is 0.549. The molecule has 0 amide bonds. The van der Waals surface area contributed by atoms with Crippen molar-refractivity contribution in [3.63, 3.8) is 0 Å². The lowest BCUT2D eigenvalue weighted by atomic mass is 10.2. The average molecular weight is 249 g/mol. The van der Waals surface area contributed by atoms with Crippen molar-refractivity contribution >= 4 is 23.4 Å². The van der Waals surface area contributed by atoms with Crippen molar-refractivity contribution in [3.8, 4) is 0 Å². The first-order valence-electron chi connectivity index (χ1n) is 5.14. The Hall–Kier alpha value is -0.290. The Labute approximate surface area is 99.8 Å². The predicted molar refractivity (Wildman–Crippen MR) is 64.3 cm³/mol. The largest absolute Gasteiger partial charge is 0.228 e. The molecule has 86 valence electrons. The van der Waals surface area contributed by atoms with Crippen LogP contribution in [0.25, 0.3) is 0 Å². The fraction of sp³-hybridized carbons (Fsp3) is 0.889. The van der Waals surface area contributed by atoms with Gasteiger partial charge in [-0.2, -0.15) is 11.8 Å². The number of rotatable bonds is 7. The van der Waals surface area contributed by atoms with Gasteiger partial charge in [0.25, 0.3) is 0 Å². The van der Waals surface area contributed by atoms with Crippen LogP contribution in [0.1, 0.15) is 37.4 Å². The minimum atomic E-state index is -0.119. The van der Waals surface area contributed by atoms with E-state index in [9.17, 15) is 0 Å². The standard InChI is InChI=1S/C9H17ClN4S/c1-8(10)9-11-12-13-14(9)6-4-3-5-7-15-2/h8H,3-7H2,1-2H3. The van der Waals surface area contributed by atoms with Gasteiger partial charge >= 0.3 is 0 Å². The maximum Gasteiger partial charge on any atom is 0.168 e. The maximum absolute atomic E-state index is 5.95. The van der Waals surface area contributed by atoms with Crippen LogP contribution in [-0.4, -0.2) is 32.2 Å². The smallest absolute Gasteiger partial charge is 0.168 e. The maximum atomic E-state index is 5.95. The molecule has 0 saturated carbocycles. The molecule has 0 aliphatic heterocycles. The summed E-state index contributed by atoms with van der Waals surface area (Å²) in [5, 5.41) is 11.3. The highest BCUT2D eigenvalue weighted by Crippen LogP contribution is 2.15. The van der Waals surface area contributed by atoms with Gasteiger partial charge in [-0.15, -0.1) is 16.7 Å². The van der Waals surface area contributed by atoms with E-state index < -0.39 is 0 Å². The van der Waals surface area contributed by atoms with E-state index in [4.69, 9.17) is 11.6 Å². The van der Waals surface area contributed by atoms with Gasteiger partial charge in [-0.3, -0.25) is 0 Å². The minimum absolute atomic E-state index is 0.119. The summed E-state index contributed by atoms with van der Waals surface area (Å²) in [7, 11) is 0. The number of hydrogen-bond donors (Lipinski definition) is 0. The second-order valence-corrected chi connectivity index (χ2v) is 5.07. The Bertz CT molecular complexity index is 277. The Morgan fingerprint density at radius 2 is 2.20 bits per heavy atom. The molecule has 4 nitrogen and oxygen atoms in total. The number of thioether (sulfide) groups is 1. The SMILES string of the molecule is CSCCCCCn1nnnc1C(C)Cl. The van der Waals surface area contributed by atoms with Crippen molar-refractivity contribution in [2.75, 3.05) is 12.0 Å². The van der Waals surface area contributed by atoms with Crippen LogP contribution >= 0.6 is 23.4 Å². The summed E-state index contributed by atoms with van der Waals surface area (Å²) < 4.78 is 1.80. The fourth-order valence-corrected chi connectivity index (χ4v) is 1.99. The van der Waals surface area contributed by atoms with Crippen LogP contribution in [0, 0.1) is 0 Å². The molecule has 6 heteroatoms. The lowest BCUT2D eigenvalue weighted by Gasteiger charge is -2.05. The van der Waals surface area contributed by atoms with E-state index in [1.807, 2.05) is 18.7 Å². The Morgan fingerprint density at radius 1 is 1.40 bits per heavy atom. The van der Waals surface area contributed by atoms with E-state index >= 15 is 0 Å². The van der Waals surface area contributed by atoms with Gasteiger partial charge in [0.15, 0.2) is 5.82 Å². The van der Waals surface area contributed by atoms with Crippen molar-refractivity contribution in [1.29, 1.82) is 0 Å². The molecule has 0 radical (unpaired) electrons. The van der Waals surface area contributed by atoms with Crippen molar-refractivity contribution < 1.29 is 0 Å². The topological polar surface area (TPSA) is 43.6 Å². The molecule has 1 aromatic rings. The summed E-state index contributed by atoms with van der Waals surface area (Å²) in [4.78, 5) is 0. The average Bonchev–Trinajstić information content (AvgIpc) is 2.66. The zero-order chi connectivity index (χ0) is 11.1. The van der Waals surface area contributed by atoms with Gasteiger partial charge in [0, 0.05) is 6.54 Å². The summed E-state index contributed by atoms with van der Waals surface area (Å²) in [6.07, 6.45) is 5.72. The van der Waals surface area contributed by atoms with Crippen LogP contribution in [0.4, 0.5) is 0 Å². The first-order valence-corrected chi connectivity index (χ1v) is 6.97. The molecule has 0 saturated heterocycles. The molecule has 1 atom stereocenters. The van der Waals surface area contributed by atoms with E-state index in [0.717, 1.165) is 18.8 Å². The van der Waals surface area contributed by atoms with Crippen LogP contribution in [0.15, 0.2) is 0 Å². The predicted octanol–water partition coefficient (Wildman–Crippen LogP) is 2.51. The van der Waals surface area contributed by atoms with Crippen LogP contribution in [0.2, 0.25) is 0 Å². The van der Waals surface area contributed by atoms with Crippen molar-refractivity contribution in [2.24, 2.45) is 0 Å². The molecular weight excluding hydrogens is 232 g/mol. The van der Waals surface area contributed by atoms with Crippen LogP contribution in [-0.2, 0) is 6.54 Å². The Morgan fingerprint density at radius 3 is 2.87 bits per heavy atom. The number of unbranched alkanes of at least 4 members (excludes halogenated alkanes) is 2. The zero-order valence-electron chi connectivity index (χ0n) is 9.19. The third-order valence-electron chi connectivity index (χ3n) is 2.13. The first kappa shape index (κ1) is 12.8. The number of alkyl halides is 1. The van der Waals surface area contributed by atoms with Crippen LogP contribution in [0.5, 0.6) is 0 Å². The minimum Gasteiger partial charge on any atom is -0.228 e. The number of hydrogen-bond acceptors (Lipinski definition) is 4. The third-order valence-corrected chi connectivity index (χ3v) is 3.03. The highest BCUT2D eigenvalue weighted by molar-refractivity contribution is 7.98. The fourth-order valence-electron chi connectivity index (χ4n) is 1.34. The van der Waals surface area contributed by atoms with Gasteiger partial charge in [-0.1, -0.05) is 6.42 Å². The molecule has 1 rings (SSSR count). The lowest BCUT2D eigenvalue weighted by molar-refractivity contribution is 0.520. The molecule has 0 aliphatic carbocycles. The van der Waals surface area contributed by atoms with Gasteiger partial charge in [-0.05, 0) is 42.2 Å². The molecule has 0 bridgehead atoms. The molecule has 0 aliphatic rings. The first-order chi connectivity index (χ1) is 7.25.